The number of rotatable bonds is 6. The predicted molar refractivity (Wildman–Crippen MR) is 197 cm³/mol. The van der Waals surface area contributed by atoms with Crippen molar-refractivity contribution in [3.05, 3.63) is 182 Å². The number of hydrogen-bond acceptors (Lipinski definition) is 3. The van der Waals surface area contributed by atoms with Gasteiger partial charge in [-0.2, -0.15) is 42.5 Å². The monoisotopic (exact) mass is 850 g/mol. The summed E-state index contributed by atoms with van der Waals surface area (Å²) in [6, 6.07) is 65.6. The van der Waals surface area contributed by atoms with Crippen LogP contribution in [0.25, 0.3) is 61.0 Å². The molecule has 5 heteroatoms. The van der Waals surface area contributed by atoms with Crippen LogP contribution in [0.3, 0.4) is 0 Å². The van der Waals surface area contributed by atoms with Crippen molar-refractivity contribution in [1.82, 2.24) is 14.5 Å². The summed E-state index contributed by atoms with van der Waals surface area (Å²) < 4.78 is 2.21. The average molecular weight is 851 g/mol. The van der Waals surface area contributed by atoms with Gasteiger partial charge in [-0.25, -0.2) is 21.1 Å². The minimum Gasteiger partial charge on any atom is -0.329 e. The number of anilines is 3. The molecule has 2 aromatic heterocycles. The van der Waals surface area contributed by atoms with Crippen LogP contribution in [0.15, 0.2) is 170 Å². The number of nitrogens with zero attached hydrogens (tertiary/aromatic N) is 4. The summed E-state index contributed by atoms with van der Waals surface area (Å²) in [6.45, 7) is 0. The van der Waals surface area contributed by atoms with Gasteiger partial charge >= 0.3 is 31.1 Å². The summed E-state index contributed by atoms with van der Waals surface area (Å²) in [4.78, 5) is 12.5. The van der Waals surface area contributed by atoms with Crippen LogP contribution in [-0.2, 0) is 0 Å². The molecule has 4 nitrogen and oxygen atoms in total. The Morgan fingerprint density at radius 3 is 1.94 bits per heavy atom. The Bertz CT molecular complexity index is 2550. The molecule has 228 valence electrons. The maximum absolute atomic E-state index is 5.12. The first kappa shape index (κ1) is 30.8. The normalized spacial score (nSPS) is 11.1. The average Bonchev–Trinajstić information content (AvgIpc) is 3.48. The van der Waals surface area contributed by atoms with Crippen LogP contribution in [0.1, 0.15) is 0 Å². The van der Waals surface area contributed by atoms with E-state index in [2.05, 4.69) is 137 Å². The quantitative estimate of drug-likeness (QED) is 0.156. The summed E-state index contributed by atoms with van der Waals surface area (Å²) in [6.07, 6.45) is 0. The molecule has 0 bridgehead atoms. The van der Waals surface area contributed by atoms with Crippen LogP contribution in [0.5, 0.6) is 0 Å². The van der Waals surface area contributed by atoms with Gasteiger partial charge in [-0.1, -0.05) is 66.7 Å². The Morgan fingerprint density at radius 2 is 1.18 bits per heavy atom. The van der Waals surface area contributed by atoms with Crippen molar-refractivity contribution < 1.29 is 31.1 Å². The van der Waals surface area contributed by atoms with Crippen molar-refractivity contribution in [2.24, 2.45) is 0 Å². The van der Waals surface area contributed by atoms with Crippen molar-refractivity contribution in [3.8, 4) is 27.9 Å². The maximum Gasteiger partial charge on any atom is 2.00 e. The summed E-state index contributed by atoms with van der Waals surface area (Å²) >= 11 is 0. The van der Waals surface area contributed by atoms with Crippen molar-refractivity contribution in [2.75, 3.05) is 4.90 Å². The van der Waals surface area contributed by atoms with Gasteiger partial charge in [0.25, 0.3) is 0 Å². The molecule has 0 aliphatic heterocycles. The van der Waals surface area contributed by atoms with Gasteiger partial charge in [0.1, 0.15) is 5.52 Å². The summed E-state index contributed by atoms with van der Waals surface area (Å²) in [5, 5.41) is 1.07. The second kappa shape index (κ2) is 13.2. The Hall–Kier alpha value is -5.47. The molecular formula is C44H28N4U. The van der Waals surface area contributed by atoms with E-state index in [-0.39, 0.29) is 31.1 Å². The molecule has 0 aliphatic rings. The van der Waals surface area contributed by atoms with Gasteiger partial charge < -0.3 is 4.90 Å². The third kappa shape index (κ3) is 5.72. The van der Waals surface area contributed by atoms with Crippen molar-refractivity contribution in [3.63, 3.8) is 0 Å². The predicted octanol–water partition coefficient (Wildman–Crippen LogP) is 11.1. The van der Waals surface area contributed by atoms with Crippen LogP contribution >= 0.6 is 0 Å². The van der Waals surface area contributed by atoms with E-state index in [1.165, 1.54) is 0 Å². The van der Waals surface area contributed by atoms with E-state index in [1.54, 1.807) is 0 Å². The summed E-state index contributed by atoms with van der Waals surface area (Å²) in [7, 11) is 0. The van der Waals surface area contributed by atoms with E-state index in [0.717, 1.165) is 78.1 Å². The zero-order valence-corrected chi connectivity index (χ0v) is 30.6. The number of benzene rings is 7. The van der Waals surface area contributed by atoms with Gasteiger partial charge in [-0.3, -0.25) is 4.57 Å². The third-order valence-corrected chi connectivity index (χ3v) is 8.76. The smallest absolute Gasteiger partial charge is 0.329 e. The molecule has 0 amide bonds. The molecule has 49 heavy (non-hydrogen) atoms. The Kier molecular flexibility index (Phi) is 8.31. The molecule has 0 fully saturated rings. The van der Waals surface area contributed by atoms with Crippen LogP contribution in [-0.4, -0.2) is 14.5 Å². The first-order chi connectivity index (χ1) is 23.8. The van der Waals surface area contributed by atoms with E-state index in [0.29, 0.717) is 0 Å². The van der Waals surface area contributed by atoms with Gasteiger partial charge in [0.15, 0.2) is 5.65 Å². The molecule has 0 spiro atoms. The molecule has 7 aromatic carbocycles. The summed E-state index contributed by atoms with van der Waals surface area (Å²) in [5.41, 5.74) is 13.0. The van der Waals surface area contributed by atoms with Crippen molar-refractivity contribution in [2.45, 2.75) is 0 Å². The van der Waals surface area contributed by atoms with E-state index >= 15 is 0 Å². The standard InChI is InChI=1S/C44H28N4.U/c1-4-13-31(14-5-1)33-15-12-20-38(29-33)47(35-16-6-2-7-17-35)37-26-23-32(24-27-37)34-25-28-42-39(30-34)43-44(48(42)36-18-8-3-9-19-36)46-41-22-11-10-21-40(41)45-43;/h1-13,15-28,30H;/q-2;+2. The topological polar surface area (TPSA) is 34.0 Å². The van der Waals surface area contributed by atoms with Crippen LogP contribution in [0.2, 0.25) is 0 Å². The third-order valence-electron chi connectivity index (χ3n) is 8.76. The minimum atomic E-state index is 0. The van der Waals surface area contributed by atoms with Crippen molar-refractivity contribution >= 4 is 50.2 Å². The molecule has 9 rings (SSSR count). The Balaban J connectivity index is 0.00000348. The molecule has 0 radical (unpaired) electrons. The summed E-state index contributed by atoms with van der Waals surface area (Å²) in [5.74, 6) is 0. The number of para-hydroxylation sites is 4. The van der Waals surface area contributed by atoms with Gasteiger partial charge in [0, 0.05) is 22.4 Å². The molecule has 0 N–H and O–H groups in total. The largest absolute Gasteiger partial charge is 2.00 e. The molecule has 0 saturated heterocycles. The second-order valence-corrected chi connectivity index (χ2v) is 11.7. The van der Waals surface area contributed by atoms with E-state index in [9.17, 15) is 0 Å². The van der Waals surface area contributed by atoms with E-state index in [4.69, 9.17) is 9.97 Å². The van der Waals surface area contributed by atoms with E-state index < -0.39 is 0 Å². The molecule has 9 aromatic rings. The Morgan fingerprint density at radius 1 is 0.531 bits per heavy atom. The molecule has 2 heterocycles. The fourth-order valence-corrected chi connectivity index (χ4v) is 6.49. The SMILES string of the molecule is [U+2].[c-]1ccccc1-c1[c-]c(N(c2ccccc2)c2ccc(-c3ccc4c(c3)c3nc5ccccc5nc3n4-c3ccccc3)cc2)ccc1. The second-order valence-electron chi connectivity index (χ2n) is 11.7. The minimum absolute atomic E-state index is 0. The zero-order valence-electron chi connectivity index (χ0n) is 26.5. The molecule has 0 unspecified atom stereocenters. The number of fused-ring (bicyclic) bond motifs is 4. The van der Waals surface area contributed by atoms with Gasteiger partial charge in [0.05, 0.1) is 16.6 Å². The number of aromatic nitrogens is 3. The fraction of sp³-hybridized carbons (Fsp3) is 0. The first-order valence-electron chi connectivity index (χ1n) is 16.0. The van der Waals surface area contributed by atoms with Crippen LogP contribution in [0, 0.1) is 43.2 Å². The maximum atomic E-state index is 5.12. The van der Waals surface area contributed by atoms with Gasteiger partial charge in [-0.05, 0) is 77.5 Å². The van der Waals surface area contributed by atoms with Crippen LogP contribution in [0.4, 0.5) is 17.1 Å². The molecular weight excluding hydrogens is 823 g/mol. The zero-order chi connectivity index (χ0) is 31.9. The first-order valence-corrected chi connectivity index (χ1v) is 16.0. The molecule has 0 saturated carbocycles. The van der Waals surface area contributed by atoms with Gasteiger partial charge in [-0.15, -0.1) is 12.1 Å². The van der Waals surface area contributed by atoms with Crippen LogP contribution < -0.4 is 4.90 Å². The van der Waals surface area contributed by atoms with E-state index in [1.807, 2.05) is 54.6 Å². The van der Waals surface area contributed by atoms with Crippen molar-refractivity contribution in [1.29, 1.82) is 0 Å². The Labute approximate surface area is 308 Å². The fourth-order valence-electron chi connectivity index (χ4n) is 6.49. The molecule has 0 atom stereocenters. The van der Waals surface area contributed by atoms with Gasteiger partial charge in [0.2, 0.25) is 0 Å². The number of hydrogen-bond donors (Lipinski definition) is 0. The molecule has 0 aliphatic carbocycles.